The Kier molecular flexibility index (Phi) is 3.59. The van der Waals surface area contributed by atoms with E-state index in [1.165, 1.54) is 0 Å². The molecule has 0 aliphatic heterocycles. The third kappa shape index (κ3) is 2.25. The minimum absolute atomic E-state index is 0.205. The van der Waals surface area contributed by atoms with Crippen molar-refractivity contribution in [2.75, 3.05) is 13.7 Å². The minimum Gasteiger partial charge on any atom is -0.383 e. The molecule has 0 aromatic carbocycles. The molecule has 2 aromatic heterocycles. The van der Waals surface area contributed by atoms with E-state index in [0.717, 1.165) is 11.2 Å². The standard InChI is InChI=1S/C12H17N3OS/c1-8(2)10(7-16-3)15-11-9(14-12(15)17)5-4-6-13-11/h4-6,8,10H,7H2,1-3H3,(H,14,17). The summed E-state index contributed by atoms with van der Waals surface area (Å²) >= 11 is 5.37. The van der Waals surface area contributed by atoms with Crippen LogP contribution < -0.4 is 0 Å². The van der Waals surface area contributed by atoms with Gasteiger partial charge < -0.3 is 9.72 Å². The molecular formula is C12H17N3OS. The monoisotopic (exact) mass is 251 g/mol. The van der Waals surface area contributed by atoms with Gasteiger partial charge in [-0.05, 0) is 30.3 Å². The number of hydrogen-bond donors (Lipinski definition) is 1. The normalized spacial score (nSPS) is 13.4. The fourth-order valence-electron chi connectivity index (χ4n) is 2.00. The van der Waals surface area contributed by atoms with Gasteiger partial charge in [0.1, 0.15) is 0 Å². The molecule has 1 atom stereocenters. The molecule has 2 heterocycles. The Labute approximate surface area is 106 Å². The second-order valence-electron chi connectivity index (χ2n) is 4.44. The van der Waals surface area contributed by atoms with Crippen molar-refractivity contribution in [3.05, 3.63) is 23.1 Å². The third-order valence-electron chi connectivity index (χ3n) is 2.91. The summed E-state index contributed by atoms with van der Waals surface area (Å²) in [5.41, 5.74) is 1.87. The van der Waals surface area contributed by atoms with Crippen molar-refractivity contribution in [1.29, 1.82) is 0 Å². The lowest BCUT2D eigenvalue weighted by Crippen LogP contribution is -2.20. The summed E-state index contributed by atoms with van der Waals surface area (Å²) in [6, 6.07) is 4.09. The summed E-state index contributed by atoms with van der Waals surface area (Å²) in [5, 5.41) is 0. The molecular weight excluding hydrogens is 234 g/mol. The number of hydrogen-bond acceptors (Lipinski definition) is 3. The van der Waals surface area contributed by atoms with E-state index in [4.69, 9.17) is 17.0 Å². The van der Waals surface area contributed by atoms with Crippen LogP contribution in [0.2, 0.25) is 0 Å². The Morgan fingerprint density at radius 1 is 1.53 bits per heavy atom. The molecule has 0 saturated heterocycles. The lowest BCUT2D eigenvalue weighted by molar-refractivity contribution is 0.134. The summed E-state index contributed by atoms with van der Waals surface area (Å²) < 4.78 is 8.04. The van der Waals surface area contributed by atoms with E-state index < -0.39 is 0 Å². The lowest BCUT2D eigenvalue weighted by Gasteiger charge is -2.21. The molecule has 0 spiro atoms. The van der Waals surface area contributed by atoms with Crippen molar-refractivity contribution in [2.24, 2.45) is 5.92 Å². The number of H-pyrrole nitrogens is 1. The molecule has 0 aliphatic rings. The fraction of sp³-hybridized carbons (Fsp3) is 0.500. The number of methoxy groups -OCH3 is 1. The van der Waals surface area contributed by atoms with Gasteiger partial charge in [0.25, 0.3) is 0 Å². The van der Waals surface area contributed by atoms with Gasteiger partial charge in [0.15, 0.2) is 10.4 Å². The van der Waals surface area contributed by atoms with Crippen molar-refractivity contribution < 1.29 is 4.74 Å². The Morgan fingerprint density at radius 3 is 2.94 bits per heavy atom. The first-order valence-electron chi connectivity index (χ1n) is 5.69. The third-order valence-corrected chi connectivity index (χ3v) is 3.21. The lowest BCUT2D eigenvalue weighted by atomic mass is 10.1. The molecule has 17 heavy (non-hydrogen) atoms. The van der Waals surface area contributed by atoms with Crippen LogP contribution >= 0.6 is 12.2 Å². The summed E-state index contributed by atoms with van der Waals surface area (Å²) in [4.78, 5) is 7.58. The quantitative estimate of drug-likeness (QED) is 0.850. The number of nitrogens with zero attached hydrogens (tertiary/aromatic N) is 2. The number of pyridine rings is 1. The van der Waals surface area contributed by atoms with Crippen molar-refractivity contribution in [2.45, 2.75) is 19.9 Å². The highest BCUT2D eigenvalue weighted by Gasteiger charge is 2.19. The van der Waals surface area contributed by atoms with Gasteiger partial charge in [-0.3, -0.25) is 4.57 Å². The van der Waals surface area contributed by atoms with Crippen LogP contribution in [0.5, 0.6) is 0 Å². The number of aromatic nitrogens is 3. The van der Waals surface area contributed by atoms with Gasteiger partial charge in [-0.15, -0.1) is 0 Å². The zero-order valence-electron chi connectivity index (χ0n) is 10.3. The smallest absolute Gasteiger partial charge is 0.179 e. The van der Waals surface area contributed by atoms with E-state index in [-0.39, 0.29) is 6.04 Å². The zero-order valence-corrected chi connectivity index (χ0v) is 11.1. The molecule has 0 radical (unpaired) electrons. The molecule has 0 amide bonds. The van der Waals surface area contributed by atoms with Gasteiger partial charge in [0.05, 0.1) is 18.2 Å². The van der Waals surface area contributed by atoms with Gasteiger partial charge in [-0.25, -0.2) is 4.98 Å². The molecule has 0 saturated carbocycles. The average Bonchev–Trinajstić information content (AvgIpc) is 2.62. The largest absolute Gasteiger partial charge is 0.383 e. The van der Waals surface area contributed by atoms with Crippen LogP contribution in [0, 0.1) is 10.7 Å². The van der Waals surface area contributed by atoms with Crippen molar-refractivity contribution >= 4 is 23.4 Å². The Morgan fingerprint density at radius 2 is 2.29 bits per heavy atom. The van der Waals surface area contributed by atoms with Gasteiger partial charge in [0.2, 0.25) is 0 Å². The number of fused-ring (bicyclic) bond motifs is 1. The first-order valence-corrected chi connectivity index (χ1v) is 6.10. The predicted octanol–water partition coefficient (Wildman–Crippen LogP) is 2.94. The van der Waals surface area contributed by atoms with E-state index in [2.05, 4.69) is 28.4 Å². The predicted molar refractivity (Wildman–Crippen MR) is 70.7 cm³/mol. The first-order chi connectivity index (χ1) is 8.15. The second-order valence-corrected chi connectivity index (χ2v) is 4.83. The second kappa shape index (κ2) is 4.98. The molecule has 2 rings (SSSR count). The van der Waals surface area contributed by atoms with Crippen LogP contribution in [0.1, 0.15) is 19.9 Å². The maximum Gasteiger partial charge on any atom is 0.179 e. The van der Waals surface area contributed by atoms with Crippen LogP contribution in [-0.2, 0) is 4.74 Å². The number of rotatable bonds is 4. The molecule has 0 bridgehead atoms. The summed E-state index contributed by atoms with van der Waals surface area (Å²) in [6.07, 6.45) is 1.78. The Hall–Kier alpha value is -1.20. The molecule has 4 nitrogen and oxygen atoms in total. The molecule has 0 fully saturated rings. The molecule has 0 aliphatic carbocycles. The van der Waals surface area contributed by atoms with Gasteiger partial charge in [-0.2, -0.15) is 0 Å². The van der Waals surface area contributed by atoms with Crippen LogP contribution in [0.25, 0.3) is 11.2 Å². The fourth-order valence-corrected chi connectivity index (χ4v) is 2.33. The van der Waals surface area contributed by atoms with Crippen molar-refractivity contribution in [3.8, 4) is 0 Å². The molecule has 5 heteroatoms. The van der Waals surface area contributed by atoms with Crippen LogP contribution in [0.15, 0.2) is 18.3 Å². The minimum atomic E-state index is 0.205. The van der Waals surface area contributed by atoms with E-state index in [1.54, 1.807) is 13.3 Å². The van der Waals surface area contributed by atoms with Gasteiger partial charge in [-0.1, -0.05) is 13.8 Å². The Balaban J connectivity index is 2.59. The Bertz CT molecular complexity index is 558. The average molecular weight is 251 g/mol. The first kappa shape index (κ1) is 12.3. The summed E-state index contributed by atoms with van der Waals surface area (Å²) in [7, 11) is 1.71. The molecule has 1 N–H and O–H groups in total. The number of nitrogens with one attached hydrogen (secondary N) is 1. The molecule has 1 unspecified atom stereocenters. The van der Waals surface area contributed by atoms with Crippen molar-refractivity contribution in [1.82, 2.24) is 14.5 Å². The van der Waals surface area contributed by atoms with E-state index in [0.29, 0.717) is 17.3 Å². The highest BCUT2D eigenvalue weighted by Crippen LogP contribution is 2.23. The number of aromatic amines is 1. The van der Waals surface area contributed by atoms with E-state index in [1.807, 2.05) is 12.1 Å². The summed E-state index contributed by atoms with van der Waals surface area (Å²) in [5.74, 6) is 0.433. The van der Waals surface area contributed by atoms with Gasteiger partial charge in [0, 0.05) is 13.3 Å². The molecule has 92 valence electrons. The van der Waals surface area contributed by atoms with E-state index in [9.17, 15) is 0 Å². The SMILES string of the molecule is COCC(C(C)C)n1c(=S)[nH]c2cccnc21. The topological polar surface area (TPSA) is 42.8 Å². The van der Waals surface area contributed by atoms with Crippen LogP contribution in [-0.4, -0.2) is 28.3 Å². The van der Waals surface area contributed by atoms with E-state index >= 15 is 0 Å². The number of ether oxygens (including phenoxy) is 1. The maximum absolute atomic E-state index is 5.37. The number of imidazole rings is 1. The van der Waals surface area contributed by atoms with Gasteiger partial charge >= 0.3 is 0 Å². The molecule has 2 aromatic rings. The van der Waals surface area contributed by atoms with Crippen LogP contribution in [0.4, 0.5) is 0 Å². The highest BCUT2D eigenvalue weighted by atomic mass is 32.1. The van der Waals surface area contributed by atoms with Crippen LogP contribution in [0.3, 0.4) is 0 Å². The summed E-state index contributed by atoms with van der Waals surface area (Å²) in [6.45, 7) is 4.95. The highest BCUT2D eigenvalue weighted by molar-refractivity contribution is 7.71. The van der Waals surface area contributed by atoms with Crippen molar-refractivity contribution in [3.63, 3.8) is 0 Å². The maximum atomic E-state index is 5.37. The zero-order chi connectivity index (χ0) is 12.4.